The molecule has 1 aromatic carbocycles. The molecule has 0 aromatic heterocycles. The highest BCUT2D eigenvalue weighted by atomic mass is 32.2. The normalized spacial score (nSPS) is 11.4. The lowest BCUT2D eigenvalue weighted by Crippen LogP contribution is -2.22. The quantitative estimate of drug-likeness (QED) is 0.627. The van der Waals surface area contributed by atoms with Crippen molar-refractivity contribution in [3.8, 4) is 5.75 Å². The summed E-state index contributed by atoms with van der Waals surface area (Å²) in [6, 6.07) is 4.45. The van der Waals surface area contributed by atoms with Crippen LogP contribution in [0.2, 0.25) is 0 Å². The summed E-state index contributed by atoms with van der Waals surface area (Å²) in [6.07, 6.45) is 0. The molecular weight excluding hydrogens is 282 g/mol. The van der Waals surface area contributed by atoms with Crippen LogP contribution >= 0.6 is 0 Å². The Labute approximate surface area is 118 Å². The number of rotatable bonds is 6. The molecule has 0 unspecified atom stereocenters. The Morgan fingerprint density at radius 3 is 2.50 bits per heavy atom. The number of methoxy groups -OCH3 is 1. The van der Waals surface area contributed by atoms with E-state index in [2.05, 4.69) is 4.74 Å². The standard InChI is InChI=1S/C13H19NO5S/c1-9(2)20(16,17)7-6-19-12-5-4-10(8-11(12)14)13(15)18-3/h4-5,8-9H,6-7,14H2,1-3H3. The molecule has 1 rings (SSSR count). The first-order chi connectivity index (χ1) is 9.27. The van der Waals surface area contributed by atoms with Crippen LogP contribution in [0.4, 0.5) is 5.69 Å². The average Bonchev–Trinajstić information content (AvgIpc) is 2.39. The van der Waals surface area contributed by atoms with Gasteiger partial charge in [0.15, 0.2) is 9.84 Å². The van der Waals surface area contributed by atoms with Gasteiger partial charge in [-0.1, -0.05) is 0 Å². The van der Waals surface area contributed by atoms with E-state index in [0.29, 0.717) is 11.3 Å². The maximum atomic E-state index is 11.6. The van der Waals surface area contributed by atoms with E-state index in [1.54, 1.807) is 13.8 Å². The summed E-state index contributed by atoms with van der Waals surface area (Å²) in [7, 11) is -1.87. The third-order valence-electron chi connectivity index (χ3n) is 2.77. The second-order valence-electron chi connectivity index (χ2n) is 4.51. The van der Waals surface area contributed by atoms with Gasteiger partial charge in [0.2, 0.25) is 0 Å². The molecule has 7 heteroatoms. The molecular formula is C13H19NO5S. The van der Waals surface area contributed by atoms with E-state index in [1.165, 1.54) is 25.3 Å². The van der Waals surface area contributed by atoms with Gasteiger partial charge in [-0.2, -0.15) is 0 Å². The van der Waals surface area contributed by atoms with Crippen molar-refractivity contribution in [2.75, 3.05) is 25.2 Å². The summed E-state index contributed by atoms with van der Waals surface area (Å²) in [5.74, 6) is -0.231. The zero-order chi connectivity index (χ0) is 15.3. The summed E-state index contributed by atoms with van der Waals surface area (Å²) < 4.78 is 33.1. The lowest BCUT2D eigenvalue weighted by Gasteiger charge is -2.11. The number of carbonyl (C=O) groups excluding carboxylic acids is 1. The van der Waals surface area contributed by atoms with Crippen LogP contribution in [0.3, 0.4) is 0 Å². The molecule has 0 aliphatic heterocycles. The van der Waals surface area contributed by atoms with E-state index in [-0.39, 0.29) is 18.0 Å². The summed E-state index contributed by atoms with van der Waals surface area (Å²) in [6.45, 7) is 3.26. The van der Waals surface area contributed by atoms with Gasteiger partial charge in [0.05, 0.1) is 29.4 Å². The molecule has 0 bridgehead atoms. The number of benzene rings is 1. The number of ether oxygens (including phenoxy) is 2. The SMILES string of the molecule is COC(=O)c1ccc(OCCS(=O)(=O)C(C)C)c(N)c1. The first-order valence-corrected chi connectivity index (χ1v) is 7.81. The van der Waals surface area contributed by atoms with Gasteiger partial charge in [-0.25, -0.2) is 13.2 Å². The van der Waals surface area contributed by atoms with Crippen molar-refractivity contribution in [3.63, 3.8) is 0 Å². The summed E-state index contributed by atoms with van der Waals surface area (Å²) in [5, 5.41) is -0.440. The fourth-order valence-corrected chi connectivity index (χ4v) is 2.22. The van der Waals surface area contributed by atoms with Gasteiger partial charge in [0, 0.05) is 0 Å². The van der Waals surface area contributed by atoms with Crippen molar-refractivity contribution in [3.05, 3.63) is 23.8 Å². The second-order valence-corrected chi connectivity index (χ2v) is 7.19. The summed E-state index contributed by atoms with van der Waals surface area (Å²) >= 11 is 0. The van der Waals surface area contributed by atoms with Crippen molar-refractivity contribution >= 4 is 21.5 Å². The van der Waals surface area contributed by atoms with Crippen LogP contribution in [0.15, 0.2) is 18.2 Å². The number of hydrogen-bond donors (Lipinski definition) is 1. The Morgan fingerprint density at radius 1 is 1.35 bits per heavy atom. The van der Waals surface area contributed by atoms with E-state index in [4.69, 9.17) is 10.5 Å². The molecule has 0 heterocycles. The molecule has 0 saturated heterocycles. The van der Waals surface area contributed by atoms with E-state index in [0.717, 1.165) is 0 Å². The maximum absolute atomic E-state index is 11.6. The Morgan fingerprint density at radius 2 is 2.00 bits per heavy atom. The van der Waals surface area contributed by atoms with Crippen LogP contribution in [0, 0.1) is 0 Å². The number of hydrogen-bond acceptors (Lipinski definition) is 6. The van der Waals surface area contributed by atoms with E-state index >= 15 is 0 Å². The minimum atomic E-state index is -3.15. The Bertz CT molecular complexity index is 580. The van der Waals surface area contributed by atoms with Gasteiger partial charge in [0.1, 0.15) is 12.4 Å². The highest BCUT2D eigenvalue weighted by Crippen LogP contribution is 2.23. The lowest BCUT2D eigenvalue weighted by atomic mass is 10.2. The Hall–Kier alpha value is -1.76. The topological polar surface area (TPSA) is 95.7 Å². The Kier molecular flexibility index (Phi) is 5.38. The highest BCUT2D eigenvalue weighted by molar-refractivity contribution is 7.91. The molecule has 1 aromatic rings. The number of carbonyl (C=O) groups is 1. The molecule has 0 radical (unpaired) electrons. The van der Waals surface area contributed by atoms with Crippen LogP contribution in [-0.2, 0) is 14.6 Å². The van der Waals surface area contributed by atoms with Gasteiger partial charge in [-0.3, -0.25) is 0 Å². The summed E-state index contributed by atoms with van der Waals surface area (Å²) in [5.41, 5.74) is 6.31. The van der Waals surface area contributed by atoms with Gasteiger partial charge >= 0.3 is 5.97 Å². The van der Waals surface area contributed by atoms with Crippen LogP contribution in [0.25, 0.3) is 0 Å². The van der Waals surface area contributed by atoms with Gasteiger partial charge in [-0.15, -0.1) is 0 Å². The minimum Gasteiger partial charge on any atom is -0.490 e. The van der Waals surface area contributed by atoms with Crippen molar-refractivity contribution in [1.29, 1.82) is 0 Å². The molecule has 0 spiro atoms. The number of nitrogen functional groups attached to an aromatic ring is 1. The molecule has 0 aliphatic rings. The Balaban J connectivity index is 2.69. The average molecular weight is 301 g/mol. The maximum Gasteiger partial charge on any atom is 0.337 e. The fraction of sp³-hybridized carbons (Fsp3) is 0.462. The van der Waals surface area contributed by atoms with Crippen molar-refractivity contribution in [2.24, 2.45) is 0 Å². The number of sulfone groups is 1. The lowest BCUT2D eigenvalue weighted by molar-refractivity contribution is 0.0600. The molecule has 20 heavy (non-hydrogen) atoms. The largest absolute Gasteiger partial charge is 0.490 e. The first-order valence-electron chi connectivity index (χ1n) is 6.10. The minimum absolute atomic E-state index is 0.0162. The number of anilines is 1. The van der Waals surface area contributed by atoms with Crippen molar-refractivity contribution < 1.29 is 22.7 Å². The second kappa shape index (κ2) is 6.60. The van der Waals surface area contributed by atoms with E-state index < -0.39 is 21.1 Å². The van der Waals surface area contributed by atoms with Crippen molar-refractivity contribution in [2.45, 2.75) is 19.1 Å². The molecule has 0 saturated carbocycles. The third kappa shape index (κ3) is 4.12. The van der Waals surface area contributed by atoms with Crippen LogP contribution in [-0.4, -0.2) is 39.1 Å². The van der Waals surface area contributed by atoms with Gasteiger partial charge in [0.25, 0.3) is 0 Å². The molecule has 0 amide bonds. The molecule has 0 atom stereocenters. The zero-order valence-corrected chi connectivity index (χ0v) is 12.6. The van der Waals surface area contributed by atoms with Crippen LogP contribution in [0.1, 0.15) is 24.2 Å². The molecule has 112 valence electrons. The van der Waals surface area contributed by atoms with E-state index in [1.807, 2.05) is 0 Å². The van der Waals surface area contributed by atoms with Crippen molar-refractivity contribution in [1.82, 2.24) is 0 Å². The highest BCUT2D eigenvalue weighted by Gasteiger charge is 2.16. The van der Waals surface area contributed by atoms with Crippen LogP contribution in [0.5, 0.6) is 5.75 Å². The monoisotopic (exact) mass is 301 g/mol. The molecule has 2 N–H and O–H groups in total. The van der Waals surface area contributed by atoms with Crippen LogP contribution < -0.4 is 10.5 Å². The molecule has 6 nitrogen and oxygen atoms in total. The predicted octanol–water partition coefficient (Wildman–Crippen LogP) is 1.26. The number of nitrogens with two attached hydrogens (primary N) is 1. The predicted molar refractivity (Wildman–Crippen MR) is 76.6 cm³/mol. The zero-order valence-electron chi connectivity index (χ0n) is 11.8. The number of esters is 1. The smallest absolute Gasteiger partial charge is 0.337 e. The van der Waals surface area contributed by atoms with E-state index in [9.17, 15) is 13.2 Å². The third-order valence-corrected chi connectivity index (χ3v) is 4.95. The fourth-order valence-electron chi connectivity index (χ4n) is 1.43. The summed E-state index contributed by atoms with van der Waals surface area (Å²) in [4.78, 5) is 11.3. The molecule has 0 fully saturated rings. The molecule has 0 aliphatic carbocycles. The van der Waals surface area contributed by atoms with Gasteiger partial charge in [-0.05, 0) is 32.0 Å². The first kappa shape index (κ1) is 16.3. The van der Waals surface area contributed by atoms with Gasteiger partial charge < -0.3 is 15.2 Å².